The summed E-state index contributed by atoms with van der Waals surface area (Å²) in [5.41, 5.74) is 1.56. The van der Waals surface area contributed by atoms with E-state index in [9.17, 15) is 18.0 Å². The first-order valence-corrected chi connectivity index (χ1v) is 10.5. The highest BCUT2D eigenvalue weighted by Gasteiger charge is 2.31. The number of carbonyl (C=O) groups excluding carboxylic acids is 2. The standard InChI is InChI=1S/C18H16Cl2N2O5S/c1-10(17(23)22-7-6-11-4-2-3-5-15(11)22)27-18(24)12-8-16(28(21,25)26)14(20)9-13(12)19/h2-5,8-10H,6-7H2,1H3,(H2,21,25,26)/t10-/m0/s1. The topological polar surface area (TPSA) is 107 Å². The van der Waals surface area contributed by atoms with Gasteiger partial charge < -0.3 is 9.64 Å². The van der Waals surface area contributed by atoms with E-state index in [1.165, 1.54) is 6.92 Å². The molecule has 3 rings (SSSR count). The summed E-state index contributed by atoms with van der Waals surface area (Å²) in [5.74, 6) is -1.35. The number of para-hydroxylation sites is 1. The average Bonchev–Trinajstić information content (AvgIpc) is 3.03. The maximum absolute atomic E-state index is 12.7. The van der Waals surface area contributed by atoms with Crippen LogP contribution in [0.15, 0.2) is 41.3 Å². The Morgan fingerprint density at radius 2 is 1.86 bits per heavy atom. The summed E-state index contributed by atoms with van der Waals surface area (Å²) >= 11 is 11.8. The van der Waals surface area contributed by atoms with Crippen molar-refractivity contribution in [2.24, 2.45) is 5.14 Å². The van der Waals surface area contributed by atoms with E-state index in [0.29, 0.717) is 13.0 Å². The molecule has 0 saturated carbocycles. The lowest BCUT2D eigenvalue weighted by atomic mass is 10.2. The van der Waals surface area contributed by atoms with E-state index in [0.717, 1.165) is 23.4 Å². The van der Waals surface area contributed by atoms with Crippen molar-refractivity contribution in [3.05, 3.63) is 57.6 Å². The first-order chi connectivity index (χ1) is 13.1. The fraction of sp³-hybridized carbons (Fsp3) is 0.222. The molecule has 1 aliphatic heterocycles. The van der Waals surface area contributed by atoms with Gasteiger partial charge in [0.25, 0.3) is 5.91 Å². The molecular formula is C18H16Cl2N2O5S. The maximum Gasteiger partial charge on any atom is 0.340 e. The van der Waals surface area contributed by atoms with Gasteiger partial charge in [-0.3, -0.25) is 4.79 Å². The van der Waals surface area contributed by atoms with Crippen molar-refractivity contribution < 1.29 is 22.7 Å². The fourth-order valence-electron chi connectivity index (χ4n) is 2.96. The molecule has 0 aliphatic carbocycles. The lowest BCUT2D eigenvalue weighted by Crippen LogP contribution is -2.39. The van der Waals surface area contributed by atoms with E-state index in [2.05, 4.69) is 0 Å². The summed E-state index contributed by atoms with van der Waals surface area (Å²) in [6.07, 6.45) is -0.396. The van der Waals surface area contributed by atoms with Crippen LogP contribution in [0, 0.1) is 0 Å². The number of benzene rings is 2. The molecule has 28 heavy (non-hydrogen) atoms. The van der Waals surface area contributed by atoms with Crippen molar-refractivity contribution in [1.29, 1.82) is 0 Å². The van der Waals surface area contributed by atoms with E-state index in [1.54, 1.807) is 4.90 Å². The highest BCUT2D eigenvalue weighted by atomic mass is 35.5. The van der Waals surface area contributed by atoms with Gasteiger partial charge in [0, 0.05) is 12.2 Å². The Hall–Kier alpha value is -2.13. The van der Waals surface area contributed by atoms with Crippen molar-refractivity contribution in [3.8, 4) is 0 Å². The van der Waals surface area contributed by atoms with Gasteiger partial charge in [0.1, 0.15) is 4.90 Å². The number of nitrogens with two attached hydrogens (primary N) is 1. The Labute approximate surface area is 172 Å². The van der Waals surface area contributed by atoms with Crippen LogP contribution >= 0.6 is 23.2 Å². The second-order valence-corrected chi connectivity index (χ2v) is 8.57. The van der Waals surface area contributed by atoms with E-state index in [1.807, 2.05) is 24.3 Å². The molecule has 0 fully saturated rings. The van der Waals surface area contributed by atoms with E-state index >= 15 is 0 Å². The van der Waals surface area contributed by atoms with Crippen LogP contribution in [0.2, 0.25) is 10.0 Å². The van der Waals surface area contributed by atoms with Crippen LogP contribution in [-0.4, -0.2) is 32.9 Å². The first-order valence-electron chi connectivity index (χ1n) is 8.21. The van der Waals surface area contributed by atoms with Gasteiger partial charge in [-0.1, -0.05) is 41.4 Å². The number of halogens is 2. The Kier molecular flexibility index (Phi) is 5.67. The average molecular weight is 443 g/mol. The number of hydrogen-bond acceptors (Lipinski definition) is 5. The van der Waals surface area contributed by atoms with Crippen molar-refractivity contribution in [1.82, 2.24) is 0 Å². The number of carbonyl (C=O) groups is 2. The highest BCUT2D eigenvalue weighted by molar-refractivity contribution is 7.89. The fourth-order valence-corrected chi connectivity index (χ4v) is 4.36. The monoisotopic (exact) mass is 442 g/mol. The molecule has 0 bridgehead atoms. The van der Waals surface area contributed by atoms with Crippen molar-refractivity contribution >= 4 is 50.8 Å². The molecule has 10 heteroatoms. The van der Waals surface area contributed by atoms with E-state index < -0.39 is 32.9 Å². The second-order valence-electron chi connectivity index (χ2n) is 6.22. The van der Waals surface area contributed by atoms with E-state index in [-0.39, 0.29) is 15.6 Å². The van der Waals surface area contributed by atoms with Gasteiger partial charge in [0.05, 0.1) is 15.6 Å². The van der Waals surface area contributed by atoms with E-state index in [4.69, 9.17) is 33.1 Å². The zero-order chi connectivity index (χ0) is 20.6. The van der Waals surface area contributed by atoms with Gasteiger partial charge in [-0.2, -0.15) is 0 Å². The number of anilines is 1. The Morgan fingerprint density at radius 1 is 1.18 bits per heavy atom. The van der Waals surface area contributed by atoms with Crippen LogP contribution in [0.3, 0.4) is 0 Å². The number of amides is 1. The number of hydrogen-bond donors (Lipinski definition) is 1. The smallest absolute Gasteiger partial charge is 0.340 e. The molecule has 1 aliphatic rings. The third kappa shape index (κ3) is 4.00. The van der Waals surface area contributed by atoms with Crippen LogP contribution in [0.25, 0.3) is 0 Å². The van der Waals surface area contributed by atoms with Gasteiger partial charge in [0.2, 0.25) is 10.0 Å². The minimum Gasteiger partial charge on any atom is -0.449 e. The quantitative estimate of drug-likeness (QED) is 0.732. The molecule has 0 unspecified atom stereocenters. The van der Waals surface area contributed by atoms with Crippen molar-refractivity contribution in [2.45, 2.75) is 24.3 Å². The molecule has 7 nitrogen and oxygen atoms in total. The minimum absolute atomic E-state index is 0.117. The molecule has 0 aromatic heterocycles. The van der Waals surface area contributed by atoms with Gasteiger partial charge in [0.15, 0.2) is 6.10 Å². The Balaban J connectivity index is 1.81. The molecule has 2 N–H and O–H groups in total. The SMILES string of the molecule is C[C@H](OC(=O)c1cc(S(N)(=O)=O)c(Cl)cc1Cl)C(=O)N1CCc2ccccc21. The highest BCUT2D eigenvalue weighted by Crippen LogP contribution is 2.30. The zero-order valence-electron chi connectivity index (χ0n) is 14.7. The summed E-state index contributed by atoms with van der Waals surface area (Å²) in [4.78, 5) is 26.3. The minimum atomic E-state index is -4.17. The molecule has 2 aromatic carbocycles. The molecule has 2 aromatic rings. The molecule has 1 amide bonds. The summed E-state index contributed by atoms with van der Waals surface area (Å²) in [7, 11) is -4.17. The van der Waals surface area contributed by atoms with Gasteiger partial charge in [-0.05, 0) is 37.1 Å². The predicted octanol–water partition coefficient (Wildman–Crippen LogP) is 2.78. The van der Waals surface area contributed by atoms with Crippen LogP contribution < -0.4 is 10.0 Å². The number of esters is 1. The molecular weight excluding hydrogens is 427 g/mol. The summed E-state index contributed by atoms with van der Waals surface area (Å²) < 4.78 is 28.4. The molecule has 0 saturated heterocycles. The van der Waals surface area contributed by atoms with Crippen molar-refractivity contribution in [2.75, 3.05) is 11.4 Å². The van der Waals surface area contributed by atoms with Crippen LogP contribution in [-0.2, 0) is 26.0 Å². The second kappa shape index (κ2) is 7.71. The molecule has 0 spiro atoms. The lowest BCUT2D eigenvalue weighted by Gasteiger charge is -2.22. The maximum atomic E-state index is 12.7. The normalized spacial score (nSPS) is 14.5. The van der Waals surface area contributed by atoms with Crippen LogP contribution in [0.5, 0.6) is 0 Å². The summed E-state index contributed by atoms with van der Waals surface area (Å²) in [5, 5.41) is 4.75. The van der Waals surface area contributed by atoms with Gasteiger partial charge in [-0.25, -0.2) is 18.4 Å². The third-order valence-corrected chi connectivity index (χ3v) is 6.02. The lowest BCUT2D eigenvalue weighted by molar-refractivity contribution is -0.126. The largest absolute Gasteiger partial charge is 0.449 e. The number of ether oxygens (including phenoxy) is 1. The predicted molar refractivity (Wildman–Crippen MR) is 105 cm³/mol. The molecule has 1 heterocycles. The van der Waals surface area contributed by atoms with Crippen LogP contribution in [0.1, 0.15) is 22.8 Å². The molecule has 0 radical (unpaired) electrons. The Morgan fingerprint density at radius 3 is 2.54 bits per heavy atom. The van der Waals surface area contributed by atoms with Gasteiger partial charge in [-0.15, -0.1) is 0 Å². The number of rotatable bonds is 4. The van der Waals surface area contributed by atoms with Crippen molar-refractivity contribution in [3.63, 3.8) is 0 Å². The number of nitrogens with zero attached hydrogens (tertiary/aromatic N) is 1. The first kappa shape index (κ1) is 20.6. The summed E-state index contributed by atoms with van der Waals surface area (Å²) in [6, 6.07) is 9.49. The number of sulfonamides is 1. The third-order valence-electron chi connectivity index (χ3n) is 4.33. The number of fused-ring (bicyclic) bond motifs is 1. The summed E-state index contributed by atoms with van der Waals surface area (Å²) in [6.45, 7) is 1.92. The van der Waals surface area contributed by atoms with Gasteiger partial charge >= 0.3 is 5.97 Å². The van der Waals surface area contributed by atoms with Crippen LogP contribution in [0.4, 0.5) is 5.69 Å². The molecule has 148 valence electrons. The zero-order valence-corrected chi connectivity index (χ0v) is 17.0. The molecule has 1 atom stereocenters. The number of primary sulfonamides is 1. The Bertz CT molecular complexity index is 1070.